The third kappa shape index (κ3) is 68.0. The van der Waals surface area contributed by atoms with Gasteiger partial charge in [0, 0.05) is 68.6 Å². The smallest absolute Gasteiger partial charge is 0.317 e. The lowest BCUT2D eigenvalue weighted by Crippen LogP contribution is -2.65. The van der Waals surface area contributed by atoms with Gasteiger partial charge in [0.1, 0.15) is 0 Å². The molecule has 0 radical (unpaired) electrons. The molecule has 0 bridgehead atoms. The van der Waals surface area contributed by atoms with Gasteiger partial charge in [-0.15, -0.1) is 0 Å². The Bertz CT molecular complexity index is 3680. The van der Waals surface area contributed by atoms with Crippen molar-refractivity contribution >= 4 is 256 Å². The predicted octanol–water partition coefficient (Wildman–Crippen LogP) is 24.8. The highest BCUT2D eigenvalue weighted by Crippen LogP contribution is 2.42. The molecule has 0 aliphatic rings. The minimum absolute atomic E-state index is 0.533. The molecular formula is C77H216O34Si30. The maximum absolute atomic E-state index is 7.80. The molecule has 0 fully saturated rings. The average Bonchev–Trinajstić information content (AvgIpc) is 0.777. The van der Waals surface area contributed by atoms with Crippen LogP contribution in [0.25, 0.3) is 0 Å². The van der Waals surface area contributed by atoms with E-state index in [2.05, 4.69) is 373 Å². The van der Waals surface area contributed by atoms with Crippen molar-refractivity contribution < 1.29 is 143 Å². The molecule has 0 aliphatic carbocycles. The molecule has 141 heavy (non-hydrogen) atoms. The zero-order chi connectivity index (χ0) is 112. The van der Waals surface area contributed by atoms with Gasteiger partial charge in [0.2, 0.25) is 0 Å². The molecule has 0 heterocycles. The van der Waals surface area contributed by atoms with E-state index >= 15 is 0 Å². The number of hydrogen-bond acceptors (Lipinski definition) is 34. The van der Waals surface area contributed by atoms with Gasteiger partial charge in [-0.25, -0.2) is 0 Å². The summed E-state index contributed by atoms with van der Waals surface area (Å²) in [6.07, 6.45) is 3.75. The number of methoxy groups -OCH3 is 5. The first-order valence-corrected chi connectivity index (χ1v) is 135. The monoisotopic (exact) mass is 2520 g/mol. The normalized spacial score (nSPS) is 17.4. The third-order valence-corrected chi connectivity index (χ3v) is 138. The van der Waals surface area contributed by atoms with Crippen LogP contribution in [0.1, 0.15) is 32.1 Å². The summed E-state index contributed by atoms with van der Waals surface area (Å²) in [6.45, 7) is 122. The van der Waals surface area contributed by atoms with Crippen LogP contribution in [0.2, 0.25) is 403 Å². The fourth-order valence-electron chi connectivity index (χ4n) is 20.5. The fraction of sp³-hybridized carbons (Fsp3) is 1.00. The van der Waals surface area contributed by atoms with Gasteiger partial charge >= 0.3 is 240 Å². The third-order valence-electron chi connectivity index (χ3n) is 19.0. The van der Waals surface area contributed by atoms with E-state index in [1.807, 2.05) is 0 Å². The van der Waals surface area contributed by atoms with E-state index in [4.69, 9.17) is 143 Å². The Labute approximate surface area is 895 Å². The summed E-state index contributed by atoms with van der Waals surface area (Å²) in [6, 6.07) is 3.42. The summed E-state index contributed by atoms with van der Waals surface area (Å²) >= 11 is 0. The average molecular weight is 2530 g/mol. The Morgan fingerprint density at radius 3 is 0.284 bits per heavy atom. The molecule has 0 saturated heterocycles. The summed E-state index contributed by atoms with van der Waals surface area (Å²) in [5.41, 5.74) is 0. The van der Waals surface area contributed by atoms with Crippen LogP contribution in [0.3, 0.4) is 0 Å². The molecule has 5 unspecified atom stereocenters. The molecule has 0 rings (SSSR count). The molecule has 0 aromatic rings. The maximum Gasteiger partial charge on any atom is 0.317 e. The van der Waals surface area contributed by atoms with Crippen LogP contribution in [0.4, 0.5) is 0 Å². The van der Waals surface area contributed by atoms with Crippen LogP contribution in [0.15, 0.2) is 0 Å². The van der Waals surface area contributed by atoms with Crippen LogP contribution >= 0.6 is 0 Å². The van der Waals surface area contributed by atoms with Crippen LogP contribution < -0.4 is 0 Å². The van der Waals surface area contributed by atoms with Gasteiger partial charge in [0.05, 0.1) is 0 Å². The van der Waals surface area contributed by atoms with Crippen molar-refractivity contribution in [2.24, 2.45) is 0 Å². The number of rotatable bonds is 78. The van der Waals surface area contributed by atoms with Crippen molar-refractivity contribution in [1.82, 2.24) is 0 Å². The lowest BCUT2D eigenvalue weighted by molar-refractivity contribution is 0.184. The molecule has 0 aromatic carbocycles. The van der Waals surface area contributed by atoms with E-state index in [0.717, 1.165) is 31.7 Å². The van der Waals surface area contributed by atoms with E-state index in [1.165, 1.54) is 0 Å². The van der Waals surface area contributed by atoms with Crippen molar-refractivity contribution in [2.45, 2.75) is 436 Å². The Balaban J connectivity index is 6.50. The fourth-order valence-corrected chi connectivity index (χ4v) is 178. The van der Waals surface area contributed by atoms with Crippen LogP contribution in [0.5, 0.6) is 0 Å². The summed E-state index contributed by atoms with van der Waals surface area (Å²) < 4.78 is 235. The molecular weight excluding hydrogens is 2310 g/mol. The maximum atomic E-state index is 7.80. The van der Waals surface area contributed by atoms with Gasteiger partial charge in [0.25, 0.3) is 0 Å². The highest BCUT2D eigenvalue weighted by atomic mass is 28.6. The minimum Gasteiger partial charge on any atom is -0.437 e. The first-order valence-electron chi connectivity index (χ1n) is 50.6. The second-order valence-corrected chi connectivity index (χ2v) is 161. The van der Waals surface area contributed by atoms with Gasteiger partial charge in [0.15, 0.2) is 16.6 Å². The zero-order valence-electron chi connectivity index (χ0n) is 101. The molecule has 0 aliphatic heterocycles. The molecule has 0 N–H and O–H groups in total. The summed E-state index contributed by atoms with van der Waals surface area (Å²) in [4.78, 5) is 0. The van der Waals surface area contributed by atoms with Gasteiger partial charge in [-0.05, 0) is 436 Å². The van der Waals surface area contributed by atoms with Crippen molar-refractivity contribution in [3.63, 3.8) is 0 Å². The van der Waals surface area contributed by atoms with Gasteiger partial charge < -0.3 is 143 Å². The van der Waals surface area contributed by atoms with Crippen molar-refractivity contribution in [3.05, 3.63) is 0 Å². The molecule has 34 nitrogen and oxygen atoms in total. The van der Waals surface area contributed by atoms with Crippen molar-refractivity contribution in [1.29, 1.82) is 0 Å². The Kier molecular flexibility index (Phi) is 57.0. The molecule has 0 saturated carbocycles. The lowest BCUT2D eigenvalue weighted by atomic mass is 10.5. The molecule has 0 amide bonds. The van der Waals surface area contributed by atoms with E-state index in [1.54, 1.807) is 35.5 Å². The number of hydrogen-bond donors (Lipinski definition) is 0. The second-order valence-electron chi connectivity index (χ2n) is 50.5. The standard InChI is InChI=1S/C77H216O34Si30/c1-78-68-63-73-137(58,84-113(9,10)11)108-139(60,75-65-70-80-3)110-141(62,77-67-72-82-5)111-140(61,76-66-71-81-4)109-138(59,74-64-69-79-2)107-136(56,57)106-135(54,55)105-134(52,53)104-133(50,51)103-132(48,49)102-131(46,47)101-130(44,45)100-129(42,43)99-128(40,41)98-127(38,39)97-126(36,37)96-125(34,35)95-124(32,33)94-123(30,31)93-122(28,29)92-121(26,27)91-120(24,25)90-119(22,23)89-118(20,21)88-117(18,19)87-116(16,17)86-115(14,15)85-114(12,13)83-112(6,7)8/h63-77H2,1-62H3. The van der Waals surface area contributed by atoms with E-state index in [-0.39, 0.29) is 0 Å². The van der Waals surface area contributed by atoms with Gasteiger partial charge in [-0.2, -0.15) is 0 Å². The van der Waals surface area contributed by atoms with E-state index < -0.39 is 256 Å². The second kappa shape index (κ2) is 55.0. The van der Waals surface area contributed by atoms with E-state index in [0.29, 0.717) is 63.6 Å². The summed E-state index contributed by atoms with van der Waals surface area (Å²) in [5.74, 6) is 0. The highest BCUT2D eigenvalue weighted by Gasteiger charge is 2.60. The van der Waals surface area contributed by atoms with Crippen molar-refractivity contribution in [2.75, 3.05) is 68.6 Å². The lowest BCUT2D eigenvalue weighted by Gasteiger charge is -2.48. The van der Waals surface area contributed by atoms with Crippen LogP contribution in [-0.4, -0.2) is 325 Å². The topological polar surface area (TPSA) is 314 Å². The molecule has 64 heteroatoms. The Morgan fingerprint density at radius 1 is 0.0993 bits per heavy atom. The van der Waals surface area contributed by atoms with Crippen LogP contribution in [-0.2, 0) is 143 Å². The number of ether oxygens (including phenoxy) is 5. The quantitative estimate of drug-likeness (QED) is 0.0403. The minimum atomic E-state index is -3.27. The van der Waals surface area contributed by atoms with Crippen molar-refractivity contribution in [3.8, 4) is 0 Å². The Hall–Kier alpha value is 5.15. The van der Waals surface area contributed by atoms with Gasteiger partial charge in [-0.1, -0.05) is 0 Å². The highest BCUT2D eigenvalue weighted by molar-refractivity contribution is 6.99. The zero-order valence-corrected chi connectivity index (χ0v) is 131. The molecule has 5 atom stereocenters. The molecule has 848 valence electrons. The summed E-state index contributed by atoms with van der Waals surface area (Å²) in [5, 5.41) is 0. The predicted molar refractivity (Wildman–Crippen MR) is 645 cm³/mol. The molecule has 0 aromatic heterocycles. The first kappa shape index (κ1) is 146. The summed E-state index contributed by atoms with van der Waals surface area (Å²) in [7, 11) is -77.9. The Morgan fingerprint density at radius 2 is 0.184 bits per heavy atom. The van der Waals surface area contributed by atoms with Gasteiger partial charge in [-0.3, -0.25) is 0 Å². The first-order chi connectivity index (χ1) is 61.8. The van der Waals surface area contributed by atoms with Crippen LogP contribution in [0, 0.1) is 0 Å². The van der Waals surface area contributed by atoms with E-state index in [9.17, 15) is 0 Å². The largest absolute Gasteiger partial charge is 0.437 e. The SMILES string of the molecule is COCCC[Si](C)(O[Si](C)(C)C)O[Si](C)(CCCOC)O[Si](C)(CCCOC)O[Si](C)(CCCOC)O[Si](C)(CCCOC)O[Si](C)(C)O[Si](C)(C)O[Si](C)(C)O[Si](C)(C)O[Si](C)(C)O[Si](C)(C)O[Si](C)(C)O[Si](C)(C)O[Si](C)(C)O[Si](C)(C)O[Si](C)(C)O[Si](C)(C)O[Si](C)(C)O[Si](C)(C)O[Si](C)(C)O[Si](C)(C)O[Si](C)(C)O[Si](C)(C)O[Si](C)(C)O[Si](C)(C)O[Si](C)(C)O[Si](C)(C)O[Si](C)(C)O[Si](C)(C)C. The molecule has 0 spiro atoms.